The summed E-state index contributed by atoms with van der Waals surface area (Å²) in [6, 6.07) is 17.9. The fraction of sp³-hybridized carbons (Fsp3) is 0.278. The van der Waals surface area contributed by atoms with Crippen molar-refractivity contribution in [1.82, 2.24) is 5.32 Å². The molecule has 3 rings (SSSR count). The molecule has 1 aliphatic heterocycles. The third-order valence-electron chi connectivity index (χ3n) is 3.87. The molecule has 3 heteroatoms. The molecular weight excluding hydrogens is 262 g/mol. The number of para-hydroxylation sites is 1. The summed E-state index contributed by atoms with van der Waals surface area (Å²) in [6.07, 6.45) is 1.21. The molecular formula is C18H19NO2. The molecule has 0 radical (unpaired) electrons. The molecule has 108 valence electrons. The van der Waals surface area contributed by atoms with Crippen molar-refractivity contribution in [3.8, 4) is 5.75 Å². The molecule has 0 saturated heterocycles. The van der Waals surface area contributed by atoms with Gasteiger partial charge in [-0.1, -0.05) is 48.5 Å². The lowest BCUT2D eigenvalue weighted by molar-refractivity contribution is -0.129. The molecule has 2 aromatic carbocycles. The van der Waals surface area contributed by atoms with Crippen LogP contribution in [-0.2, 0) is 11.2 Å². The van der Waals surface area contributed by atoms with Gasteiger partial charge in [0.15, 0.2) is 6.10 Å². The van der Waals surface area contributed by atoms with Crippen LogP contribution in [0.25, 0.3) is 0 Å². The van der Waals surface area contributed by atoms with E-state index in [-0.39, 0.29) is 11.9 Å². The zero-order chi connectivity index (χ0) is 14.7. The third kappa shape index (κ3) is 3.07. The van der Waals surface area contributed by atoms with Gasteiger partial charge < -0.3 is 10.1 Å². The van der Waals surface area contributed by atoms with E-state index < -0.39 is 6.10 Å². The molecule has 21 heavy (non-hydrogen) atoms. The van der Waals surface area contributed by atoms with Gasteiger partial charge in [-0.3, -0.25) is 4.79 Å². The number of amides is 1. The third-order valence-corrected chi connectivity index (χ3v) is 3.87. The number of nitrogens with one attached hydrogen (secondary N) is 1. The van der Waals surface area contributed by atoms with Gasteiger partial charge in [-0.05, 0) is 37.0 Å². The first-order chi connectivity index (χ1) is 10.2. The highest BCUT2D eigenvalue weighted by Gasteiger charge is 2.26. The number of aryl methyl sites for hydroxylation is 1. The number of ether oxygens (including phenoxy) is 1. The van der Waals surface area contributed by atoms with Gasteiger partial charge in [0.05, 0.1) is 6.04 Å². The lowest BCUT2D eigenvalue weighted by Gasteiger charge is -2.26. The maximum absolute atomic E-state index is 12.4. The van der Waals surface area contributed by atoms with Crippen LogP contribution in [0.2, 0.25) is 0 Å². The molecule has 1 unspecified atom stereocenters. The van der Waals surface area contributed by atoms with E-state index in [0.717, 1.165) is 24.2 Å². The molecule has 2 atom stereocenters. The molecule has 0 bridgehead atoms. The van der Waals surface area contributed by atoms with Crippen molar-refractivity contribution in [3.63, 3.8) is 0 Å². The Bertz CT molecular complexity index is 624. The fourth-order valence-electron chi connectivity index (χ4n) is 2.64. The van der Waals surface area contributed by atoms with Crippen LogP contribution in [0, 0.1) is 0 Å². The Morgan fingerprint density at radius 2 is 1.86 bits per heavy atom. The first-order valence-corrected chi connectivity index (χ1v) is 7.34. The van der Waals surface area contributed by atoms with E-state index >= 15 is 0 Å². The molecule has 0 saturated carbocycles. The Labute approximate surface area is 124 Å². The average molecular weight is 281 g/mol. The van der Waals surface area contributed by atoms with E-state index in [2.05, 4.69) is 11.4 Å². The van der Waals surface area contributed by atoms with Gasteiger partial charge in [-0.2, -0.15) is 0 Å². The van der Waals surface area contributed by atoms with E-state index in [4.69, 9.17) is 4.74 Å². The predicted octanol–water partition coefficient (Wildman–Crippen LogP) is 3.26. The van der Waals surface area contributed by atoms with Crippen molar-refractivity contribution in [1.29, 1.82) is 0 Å². The summed E-state index contributed by atoms with van der Waals surface area (Å²) >= 11 is 0. The second-order valence-corrected chi connectivity index (χ2v) is 5.39. The molecule has 0 aliphatic carbocycles. The number of carbonyl (C=O) groups excluding carboxylic acids is 1. The summed E-state index contributed by atoms with van der Waals surface area (Å²) in [5.74, 6) is 0.789. The normalized spacial score (nSPS) is 18.2. The van der Waals surface area contributed by atoms with Crippen LogP contribution < -0.4 is 10.1 Å². The zero-order valence-corrected chi connectivity index (χ0v) is 12.1. The van der Waals surface area contributed by atoms with E-state index in [9.17, 15) is 4.79 Å². The van der Waals surface area contributed by atoms with Crippen molar-refractivity contribution < 1.29 is 9.53 Å². The highest BCUT2D eigenvalue weighted by atomic mass is 16.5. The van der Waals surface area contributed by atoms with Crippen molar-refractivity contribution in [2.45, 2.75) is 31.9 Å². The van der Waals surface area contributed by atoms with E-state index in [1.165, 1.54) is 5.56 Å². The van der Waals surface area contributed by atoms with Crippen molar-refractivity contribution in [3.05, 3.63) is 65.7 Å². The van der Waals surface area contributed by atoms with E-state index in [0.29, 0.717) is 0 Å². The van der Waals surface area contributed by atoms with Gasteiger partial charge in [-0.15, -0.1) is 0 Å². The minimum absolute atomic E-state index is 0.0144. The number of fused-ring (bicyclic) bond motifs is 1. The second-order valence-electron chi connectivity index (χ2n) is 5.39. The molecule has 0 fully saturated rings. The van der Waals surface area contributed by atoms with Crippen LogP contribution in [0.15, 0.2) is 54.6 Å². The Kier molecular flexibility index (Phi) is 3.91. The summed E-state index contributed by atoms with van der Waals surface area (Å²) in [6.45, 7) is 1.99. The Morgan fingerprint density at radius 1 is 1.14 bits per heavy atom. The molecule has 2 aromatic rings. The standard InChI is InChI=1S/C18H19NO2/c1-13(14-7-3-2-4-8-14)19-18(20)17-12-11-15-9-5-6-10-16(15)21-17/h2-10,13,17H,11-12H2,1H3,(H,19,20)/t13-,17?/m1/s1. The predicted molar refractivity (Wildman–Crippen MR) is 82.2 cm³/mol. The van der Waals surface area contributed by atoms with E-state index in [1.54, 1.807) is 0 Å². The summed E-state index contributed by atoms with van der Waals surface area (Å²) in [5.41, 5.74) is 2.28. The van der Waals surface area contributed by atoms with Gasteiger partial charge >= 0.3 is 0 Å². The summed E-state index contributed by atoms with van der Waals surface area (Å²) in [7, 11) is 0. The van der Waals surface area contributed by atoms with Crippen LogP contribution >= 0.6 is 0 Å². The summed E-state index contributed by atoms with van der Waals surface area (Å²) in [5, 5.41) is 3.03. The van der Waals surface area contributed by atoms with Crippen LogP contribution in [0.3, 0.4) is 0 Å². The Morgan fingerprint density at radius 3 is 2.67 bits per heavy atom. The van der Waals surface area contributed by atoms with Gasteiger partial charge in [0.1, 0.15) is 5.75 Å². The average Bonchev–Trinajstić information content (AvgIpc) is 2.55. The maximum Gasteiger partial charge on any atom is 0.261 e. The molecule has 0 spiro atoms. The monoisotopic (exact) mass is 281 g/mol. The Hall–Kier alpha value is -2.29. The van der Waals surface area contributed by atoms with Crippen LogP contribution in [0.4, 0.5) is 0 Å². The first-order valence-electron chi connectivity index (χ1n) is 7.34. The summed E-state index contributed by atoms with van der Waals surface area (Å²) < 4.78 is 5.82. The summed E-state index contributed by atoms with van der Waals surface area (Å²) in [4.78, 5) is 12.4. The molecule has 0 aromatic heterocycles. The minimum atomic E-state index is -0.397. The highest BCUT2D eigenvalue weighted by Crippen LogP contribution is 2.27. The number of rotatable bonds is 3. The quantitative estimate of drug-likeness (QED) is 0.937. The largest absolute Gasteiger partial charge is 0.480 e. The second kappa shape index (κ2) is 6.00. The van der Waals surface area contributed by atoms with Crippen LogP contribution in [-0.4, -0.2) is 12.0 Å². The Balaban J connectivity index is 1.65. The molecule has 1 aliphatic rings. The minimum Gasteiger partial charge on any atom is -0.480 e. The highest BCUT2D eigenvalue weighted by molar-refractivity contribution is 5.82. The van der Waals surface area contributed by atoms with Crippen LogP contribution in [0.1, 0.15) is 30.5 Å². The van der Waals surface area contributed by atoms with Crippen molar-refractivity contribution in [2.24, 2.45) is 0 Å². The van der Waals surface area contributed by atoms with Gasteiger partial charge in [0, 0.05) is 0 Å². The van der Waals surface area contributed by atoms with E-state index in [1.807, 2.05) is 55.5 Å². The van der Waals surface area contributed by atoms with Gasteiger partial charge in [-0.25, -0.2) is 0 Å². The smallest absolute Gasteiger partial charge is 0.261 e. The number of hydrogen-bond donors (Lipinski definition) is 1. The maximum atomic E-state index is 12.4. The lowest BCUT2D eigenvalue weighted by atomic mass is 10.0. The first kappa shape index (κ1) is 13.7. The van der Waals surface area contributed by atoms with Crippen molar-refractivity contribution >= 4 is 5.91 Å². The topological polar surface area (TPSA) is 38.3 Å². The number of hydrogen-bond acceptors (Lipinski definition) is 2. The number of benzene rings is 2. The molecule has 1 N–H and O–H groups in total. The van der Waals surface area contributed by atoms with Crippen molar-refractivity contribution in [2.75, 3.05) is 0 Å². The fourth-order valence-corrected chi connectivity index (χ4v) is 2.64. The molecule has 3 nitrogen and oxygen atoms in total. The SMILES string of the molecule is C[C@@H](NC(=O)C1CCc2ccccc2O1)c1ccccc1. The number of carbonyl (C=O) groups is 1. The lowest BCUT2D eigenvalue weighted by Crippen LogP contribution is -2.41. The van der Waals surface area contributed by atoms with Crippen LogP contribution in [0.5, 0.6) is 5.75 Å². The van der Waals surface area contributed by atoms with Gasteiger partial charge in [0.2, 0.25) is 0 Å². The zero-order valence-electron chi connectivity index (χ0n) is 12.1. The molecule has 1 heterocycles. The van der Waals surface area contributed by atoms with Gasteiger partial charge in [0.25, 0.3) is 5.91 Å². The molecule has 1 amide bonds.